The van der Waals surface area contributed by atoms with Crippen LogP contribution in [-0.4, -0.2) is 22.4 Å². The van der Waals surface area contributed by atoms with Crippen LogP contribution in [0.15, 0.2) is 12.3 Å². The molecule has 18 heavy (non-hydrogen) atoms. The largest absolute Gasteiger partial charge is 0.313 e. The van der Waals surface area contributed by atoms with Crippen LogP contribution >= 0.6 is 0 Å². The molecule has 1 unspecified atom stereocenters. The Balaban J connectivity index is 2.58. The first-order valence-corrected chi connectivity index (χ1v) is 7.21. The van der Waals surface area contributed by atoms with Crippen LogP contribution in [0.2, 0.25) is 0 Å². The topological polar surface area (TPSA) is 29.9 Å². The summed E-state index contributed by atoms with van der Waals surface area (Å²) in [5, 5.41) is 7.95. The first-order chi connectivity index (χ1) is 8.51. The molecule has 0 spiro atoms. The van der Waals surface area contributed by atoms with E-state index in [1.54, 1.807) is 0 Å². The third-order valence-corrected chi connectivity index (χ3v) is 4.11. The highest BCUT2D eigenvalue weighted by Gasteiger charge is 2.26. The monoisotopic (exact) mass is 251 g/mol. The van der Waals surface area contributed by atoms with Crippen LogP contribution < -0.4 is 5.32 Å². The molecule has 0 aliphatic carbocycles. The van der Waals surface area contributed by atoms with Crippen molar-refractivity contribution in [3.63, 3.8) is 0 Å². The summed E-state index contributed by atoms with van der Waals surface area (Å²) in [5.41, 5.74) is 1.68. The summed E-state index contributed by atoms with van der Waals surface area (Å²) in [5.74, 6) is 0. The second-order valence-electron chi connectivity index (χ2n) is 5.83. The molecule has 1 atom stereocenters. The van der Waals surface area contributed by atoms with E-state index < -0.39 is 0 Å². The van der Waals surface area contributed by atoms with Gasteiger partial charge in [-0.25, -0.2) is 0 Å². The number of hydrogen-bond acceptors (Lipinski definition) is 2. The molecule has 0 aromatic carbocycles. The molecule has 1 aromatic rings. The van der Waals surface area contributed by atoms with Gasteiger partial charge in [-0.3, -0.25) is 4.68 Å². The van der Waals surface area contributed by atoms with Crippen LogP contribution in [0.1, 0.15) is 52.7 Å². The lowest BCUT2D eigenvalue weighted by Gasteiger charge is -2.34. The molecule has 0 fully saturated rings. The van der Waals surface area contributed by atoms with E-state index in [-0.39, 0.29) is 0 Å². The van der Waals surface area contributed by atoms with Gasteiger partial charge in [0.2, 0.25) is 0 Å². The van der Waals surface area contributed by atoms with Gasteiger partial charge in [-0.05, 0) is 43.7 Å². The van der Waals surface area contributed by atoms with Crippen molar-refractivity contribution in [1.29, 1.82) is 0 Å². The molecule has 0 bridgehead atoms. The lowest BCUT2D eigenvalue weighted by Crippen LogP contribution is -2.42. The summed E-state index contributed by atoms with van der Waals surface area (Å²) >= 11 is 0. The van der Waals surface area contributed by atoms with Crippen molar-refractivity contribution in [2.24, 2.45) is 12.5 Å². The Bertz CT molecular complexity index is 341. The zero-order valence-corrected chi connectivity index (χ0v) is 12.7. The summed E-state index contributed by atoms with van der Waals surface area (Å²) < 4.78 is 1.98. The predicted octanol–water partition coefficient (Wildman–Crippen LogP) is 3.16. The number of hydrogen-bond donors (Lipinski definition) is 1. The maximum absolute atomic E-state index is 4.24. The van der Waals surface area contributed by atoms with Crippen LogP contribution in [0.3, 0.4) is 0 Å². The minimum atomic E-state index is 0.355. The summed E-state index contributed by atoms with van der Waals surface area (Å²) in [7, 11) is 2.02. The molecule has 1 aromatic heterocycles. The first kappa shape index (κ1) is 15.2. The van der Waals surface area contributed by atoms with Gasteiger partial charge in [0.05, 0.1) is 0 Å². The van der Waals surface area contributed by atoms with Gasteiger partial charge in [0.15, 0.2) is 0 Å². The third-order valence-electron chi connectivity index (χ3n) is 4.11. The quantitative estimate of drug-likeness (QED) is 0.769. The van der Waals surface area contributed by atoms with Crippen molar-refractivity contribution < 1.29 is 0 Å². The zero-order chi connectivity index (χ0) is 13.6. The van der Waals surface area contributed by atoms with Crippen LogP contribution in [0, 0.1) is 5.41 Å². The minimum Gasteiger partial charge on any atom is -0.313 e. The lowest BCUT2D eigenvalue weighted by molar-refractivity contribution is 0.220. The molecule has 1 N–H and O–H groups in total. The van der Waals surface area contributed by atoms with Gasteiger partial charge in [0, 0.05) is 25.0 Å². The fourth-order valence-electron chi connectivity index (χ4n) is 2.27. The highest BCUT2D eigenvalue weighted by atomic mass is 15.2. The molecule has 0 saturated heterocycles. The molecule has 3 nitrogen and oxygen atoms in total. The second-order valence-corrected chi connectivity index (χ2v) is 5.83. The Morgan fingerprint density at radius 3 is 2.61 bits per heavy atom. The van der Waals surface area contributed by atoms with Gasteiger partial charge >= 0.3 is 0 Å². The minimum absolute atomic E-state index is 0.355. The van der Waals surface area contributed by atoms with E-state index in [0.717, 1.165) is 13.0 Å². The molecular weight excluding hydrogens is 222 g/mol. The van der Waals surface area contributed by atoms with Crippen LogP contribution in [0.25, 0.3) is 0 Å². The van der Waals surface area contributed by atoms with Gasteiger partial charge in [0.1, 0.15) is 0 Å². The maximum atomic E-state index is 4.24. The van der Waals surface area contributed by atoms with Crippen LogP contribution in [-0.2, 0) is 13.5 Å². The van der Waals surface area contributed by atoms with Crippen molar-refractivity contribution in [2.75, 3.05) is 6.54 Å². The maximum Gasteiger partial charge on any atom is 0.0492 e. The van der Waals surface area contributed by atoms with Crippen molar-refractivity contribution in [1.82, 2.24) is 15.1 Å². The van der Waals surface area contributed by atoms with Gasteiger partial charge in [-0.1, -0.05) is 27.7 Å². The fraction of sp³-hybridized carbons (Fsp3) is 0.800. The average molecular weight is 251 g/mol. The van der Waals surface area contributed by atoms with E-state index in [9.17, 15) is 0 Å². The number of aryl methyl sites for hydroxylation is 2. The highest BCUT2D eigenvalue weighted by Crippen LogP contribution is 2.27. The van der Waals surface area contributed by atoms with Gasteiger partial charge < -0.3 is 5.32 Å². The standard InChI is InChI=1S/C15H29N3/c1-6-11-16-14(15(3,4)7-2)9-8-13-10-12-17-18(13)5/h10,12,14,16H,6-9,11H2,1-5H3. The molecule has 0 saturated carbocycles. The molecule has 1 rings (SSSR count). The Labute approximate surface area is 112 Å². The zero-order valence-electron chi connectivity index (χ0n) is 12.7. The van der Waals surface area contributed by atoms with Crippen LogP contribution in [0.5, 0.6) is 0 Å². The summed E-state index contributed by atoms with van der Waals surface area (Å²) in [4.78, 5) is 0. The lowest BCUT2D eigenvalue weighted by atomic mass is 9.79. The Morgan fingerprint density at radius 2 is 2.11 bits per heavy atom. The fourth-order valence-corrected chi connectivity index (χ4v) is 2.27. The van der Waals surface area contributed by atoms with Gasteiger partial charge in [-0.2, -0.15) is 5.10 Å². The second kappa shape index (κ2) is 6.93. The van der Waals surface area contributed by atoms with Crippen molar-refractivity contribution in [3.8, 4) is 0 Å². The average Bonchev–Trinajstić information content (AvgIpc) is 2.75. The molecule has 0 aliphatic rings. The molecular formula is C15H29N3. The van der Waals surface area contributed by atoms with E-state index >= 15 is 0 Å². The van der Waals surface area contributed by atoms with Crippen molar-refractivity contribution in [3.05, 3.63) is 18.0 Å². The van der Waals surface area contributed by atoms with E-state index in [0.29, 0.717) is 11.5 Å². The molecule has 0 aliphatic heterocycles. The Hall–Kier alpha value is -0.830. The summed E-state index contributed by atoms with van der Waals surface area (Å²) in [6, 6.07) is 2.70. The first-order valence-electron chi connectivity index (χ1n) is 7.21. The van der Waals surface area contributed by atoms with Gasteiger partial charge in [-0.15, -0.1) is 0 Å². The predicted molar refractivity (Wildman–Crippen MR) is 77.7 cm³/mol. The third kappa shape index (κ3) is 4.13. The van der Waals surface area contributed by atoms with E-state index in [1.165, 1.54) is 25.0 Å². The number of aromatic nitrogens is 2. The van der Waals surface area contributed by atoms with Crippen molar-refractivity contribution >= 4 is 0 Å². The molecule has 0 radical (unpaired) electrons. The normalized spacial score (nSPS) is 13.8. The number of rotatable bonds is 8. The summed E-state index contributed by atoms with van der Waals surface area (Å²) in [6.07, 6.45) is 6.57. The van der Waals surface area contributed by atoms with Gasteiger partial charge in [0.25, 0.3) is 0 Å². The smallest absolute Gasteiger partial charge is 0.0492 e. The van der Waals surface area contributed by atoms with E-state index in [4.69, 9.17) is 0 Å². The van der Waals surface area contributed by atoms with E-state index in [2.05, 4.69) is 44.2 Å². The Kier molecular flexibility index (Phi) is 5.86. The SMILES string of the molecule is CCCNC(CCc1ccnn1C)C(C)(C)CC. The molecule has 3 heteroatoms. The summed E-state index contributed by atoms with van der Waals surface area (Å²) in [6.45, 7) is 10.3. The molecule has 0 amide bonds. The van der Waals surface area contributed by atoms with Crippen molar-refractivity contribution in [2.45, 2.75) is 59.4 Å². The molecule has 104 valence electrons. The number of nitrogens with zero attached hydrogens (tertiary/aromatic N) is 2. The highest BCUT2D eigenvalue weighted by molar-refractivity contribution is 5.01. The van der Waals surface area contributed by atoms with Crippen LogP contribution in [0.4, 0.5) is 0 Å². The number of nitrogens with one attached hydrogen (secondary N) is 1. The Morgan fingerprint density at radius 1 is 1.39 bits per heavy atom. The molecule has 1 heterocycles. The van der Waals surface area contributed by atoms with E-state index in [1.807, 2.05) is 17.9 Å².